The maximum absolute atomic E-state index is 12.8. The number of hydrogen-bond acceptors (Lipinski definition) is 5. The number of halogens is 1. The van der Waals surface area contributed by atoms with Crippen molar-refractivity contribution in [2.75, 3.05) is 19.5 Å². The summed E-state index contributed by atoms with van der Waals surface area (Å²) in [6.07, 6.45) is 1.38. The molecular weight excluding hydrogens is 353 g/mol. The summed E-state index contributed by atoms with van der Waals surface area (Å²) in [5.41, 5.74) is 3.48. The van der Waals surface area contributed by atoms with Crippen LogP contribution < -0.4 is 20.2 Å². The molecule has 0 aliphatic rings. The van der Waals surface area contributed by atoms with Crippen LogP contribution in [0.15, 0.2) is 47.6 Å². The van der Waals surface area contributed by atoms with E-state index >= 15 is 0 Å². The second-order valence-corrected chi connectivity index (χ2v) is 5.46. The van der Waals surface area contributed by atoms with Gasteiger partial charge in [0.05, 0.1) is 20.4 Å². The molecule has 0 saturated carbocycles. The van der Waals surface area contributed by atoms with Gasteiger partial charge in [-0.3, -0.25) is 9.59 Å². The van der Waals surface area contributed by atoms with Crippen molar-refractivity contribution in [3.05, 3.63) is 53.8 Å². The van der Waals surface area contributed by atoms with Crippen molar-refractivity contribution in [1.82, 2.24) is 5.43 Å². The Morgan fingerprint density at radius 2 is 1.74 bits per heavy atom. The summed E-state index contributed by atoms with van der Waals surface area (Å²) < 4.78 is 23.1. The molecule has 0 aliphatic heterocycles. The zero-order valence-corrected chi connectivity index (χ0v) is 15.0. The zero-order chi connectivity index (χ0) is 19.6. The second-order valence-electron chi connectivity index (χ2n) is 5.46. The van der Waals surface area contributed by atoms with E-state index in [1.807, 2.05) is 0 Å². The van der Waals surface area contributed by atoms with E-state index < -0.39 is 11.7 Å². The highest BCUT2D eigenvalue weighted by molar-refractivity contribution is 5.93. The fourth-order valence-electron chi connectivity index (χ4n) is 2.14. The first kappa shape index (κ1) is 19.9. The van der Waals surface area contributed by atoms with Crippen LogP contribution in [0.3, 0.4) is 0 Å². The standard InChI is InChI=1S/C19H20FN3O4/c1-26-16-8-3-13(17(11-16)27-2)12-21-23-19(25)10-9-18(24)22-15-6-4-14(20)5-7-15/h3-8,11-12H,9-10H2,1-2H3,(H,22,24)(H,23,25)/b21-12-. The van der Waals surface area contributed by atoms with Crippen molar-refractivity contribution in [3.63, 3.8) is 0 Å². The molecule has 27 heavy (non-hydrogen) atoms. The van der Waals surface area contributed by atoms with Crippen LogP contribution in [0.25, 0.3) is 0 Å². The highest BCUT2D eigenvalue weighted by Crippen LogP contribution is 2.22. The average Bonchev–Trinajstić information content (AvgIpc) is 2.68. The van der Waals surface area contributed by atoms with Gasteiger partial charge in [-0.2, -0.15) is 5.10 Å². The van der Waals surface area contributed by atoms with Crippen LogP contribution in [-0.2, 0) is 9.59 Å². The Hall–Kier alpha value is -3.42. The molecule has 0 radical (unpaired) electrons. The molecule has 0 bridgehead atoms. The van der Waals surface area contributed by atoms with Crippen LogP contribution in [0.5, 0.6) is 11.5 Å². The van der Waals surface area contributed by atoms with E-state index in [9.17, 15) is 14.0 Å². The molecule has 0 saturated heterocycles. The quantitative estimate of drug-likeness (QED) is 0.550. The van der Waals surface area contributed by atoms with Gasteiger partial charge in [0.2, 0.25) is 11.8 Å². The third kappa shape index (κ3) is 6.43. The molecular formula is C19H20FN3O4. The molecule has 7 nitrogen and oxygen atoms in total. The van der Waals surface area contributed by atoms with Gasteiger partial charge in [0.15, 0.2) is 0 Å². The molecule has 2 aromatic carbocycles. The Morgan fingerprint density at radius 1 is 1.04 bits per heavy atom. The van der Waals surface area contributed by atoms with E-state index in [0.29, 0.717) is 22.7 Å². The Morgan fingerprint density at radius 3 is 2.41 bits per heavy atom. The minimum Gasteiger partial charge on any atom is -0.497 e. The first-order chi connectivity index (χ1) is 13.0. The van der Waals surface area contributed by atoms with Crippen LogP contribution in [0.1, 0.15) is 18.4 Å². The molecule has 2 amide bonds. The second kappa shape index (κ2) is 9.91. The number of benzene rings is 2. The molecule has 142 valence electrons. The largest absolute Gasteiger partial charge is 0.497 e. The Balaban J connectivity index is 1.79. The minimum absolute atomic E-state index is 0.0232. The van der Waals surface area contributed by atoms with Gasteiger partial charge in [-0.25, -0.2) is 9.82 Å². The Labute approximate surface area is 156 Å². The summed E-state index contributed by atoms with van der Waals surface area (Å²) in [6.45, 7) is 0. The summed E-state index contributed by atoms with van der Waals surface area (Å²) in [5.74, 6) is 0.0375. The van der Waals surface area contributed by atoms with Gasteiger partial charge in [0.25, 0.3) is 0 Å². The van der Waals surface area contributed by atoms with Crippen LogP contribution in [-0.4, -0.2) is 32.2 Å². The maximum Gasteiger partial charge on any atom is 0.240 e. The lowest BCUT2D eigenvalue weighted by Gasteiger charge is -2.07. The van der Waals surface area contributed by atoms with E-state index in [2.05, 4.69) is 15.8 Å². The van der Waals surface area contributed by atoms with E-state index in [-0.39, 0.29) is 18.7 Å². The Bertz CT molecular complexity index is 822. The molecule has 2 rings (SSSR count). The fourth-order valence-corrected chi connectivity index (χ4v) is 2.14. The summed E-state index contributed by atoms with van der Waals surface area (Å²) in [4.78, 5) is 23.6. The number of anilines is 1. The summed E-state index contributed by atoms with van der Waals surface area (Å²) in [5, 5.41) is 6.44. The average molecular weight is 373 g/mol. The zero-order valence-electron chi connectivity index (χ0n) is 15.0. The molecule has 0 unspecified atom stereocenters. The predicted molar refractivity (Wildman–Crippen MR) is 99.5 cm³/mol. The number of nitrogens with one attached hydrogen (secondary N) is 2. The Kier molecular flexibility index (Phi) is 7.30. The van der Waals surface area contributed by atoms with Crippen molar-refractivity contribution in [2.24, 2.45) is 5.10 Å². The van der Waals surface area contributed by atoms with Gasteiger partial charge in [-0.15, -0.1) is 0 Å². The third-order valence-electron chi connectivity index (χ3n) is 3.54. The van der Waals surface area contributed by atoms with Crippen molar-refractivity contribution in [1.29, 1.82) is 0 Å². The topological polar surface area (TPSA) is 89.0 Å². The van der Waals surface area contributed by atoms with E-state index in [1.54, 1.807) is 25.3 Å². The summed E-state index contributed by atoms with van der Waals surface area (Å²) in [7, 11) is 3.07. The van der Waals surface area contributed by atoms with Crippen LogP contribution in [0.2, 0.25) is 0 Å². The third-order valence-corrected chi connectivity index (χ3v) is 3.54. The number of ether oxygens (including phenoxy) is 2. The SMILES string of the molecule is COc1ccc(/C=N\NC(=O)CCC(=O)Nc2ccc(F)cc2)c(OC)c1. The van der Waals surface area contributed by atoms with Crippen LogP contribution in [0.4, 0.5) is 10.1 Å². The van der Waals surface area contributed by atoms with Crippen LogP contribution in [0, 0.1) is 5.82 Å². The van der Waals surface area contributed by atoms with Gasteiger partial charge in [0.1, 0.15) is 17.3 Å². The van der Waals surface area contributed by atoms with Gasteiger partial charge >= 0.3 is 0 Å². The van der Waals surface area contributed by atoms with Gasteiger partial charge in [0, 0.05) is 30.2 Å². The maximum atomic E-state index is 12.8. The fraction of sp³-hybridized carbons (Fsp3) is 0.211. The molecule has 0 heterocycles. The summed E-state index contributed by atoms with van der Waals surface area (Å²) in [6, 6.07) is 10.5. The minimum atomic E-state index is -0.409. The number of carbonyl (C=O) groups excluding carboxylic acids is 2. The van der Waals surface area contributed by atoms with Gasteiger partial charge < -0.3 is 14.8 Å². The van der Waals surface area contributed by atoms with E-state index in [1.165, 1.54) is 37.6 Å². The van der Waals surface area contributed by atoms with Gasteiger partial charge in [-0.1, -0.05) is 0 Å². The lowest BCUT2D eigenvalue weighted by atomic mass is 10.2. The predicted octanol–water partition coefficient (Wildman–Crippen LogP) is 2.71. The highest BCUT2D eigenvalue weighted by Gasteiger charge is 2.07. The molecule has 0 spiro atoms. The normalized spacial score (nSPS) is 10.5. The molecule has 0 aliphatic carbocycles. The van der Waals surface area contributed by atoms with Crippen molar-refractivity contribution < 1.29 is 23.5 Å². The number of hydrogen-bond donors (Lipinski definition) is 2. The first-order valence-corrected chi connectivity index (χ1v) is 8.11. The molecule has 2 aromatic rings. The monoisotopic (exact) mass is 373 g/mol. The number of amides is 2. The summed E-state index contributed by atoms with van der Waals surface area (Å²) >= 11 is 0. The van der Waals surface area contributed by atoms with Crippen molar-refractivity contribution in [3.8, 4) is 11.5 Å². The first-order valence-electron chi connectivity index (χ1n) is 8.11. The highest BCUT2D eigenvalue weighted by atomic mass is 19.1. The molecule has 8 heteroatoms. The lowest BCUT2D eigenvalue weighted by Crippen LogP contribution is -2.20. The van der Waals surface area contributed by atoms with Crippen LogP contribution >= 0.6 is 0 Å². The number of rotatable bonds is 8. The van der Waals surface area contributed by atoms with Crippen molar-refractivity contribution in [2.45, 2.75) is 12.8 Å². The number of methoxy groups -OCH3 is 2. The smallest absolute Gasteiger partial charge is 0.240 e. The van der Waals surface area contributed by atoms with E-state index in [4.69, 9.17) is 9.47 Å². The molecule has 0 aromatic heterocycles. The van der Waals surface area contributed by atoms with E-state index in [0.717, 1.165) is 0 Å². The molecule has 2 N–H and O–H groups in total. The molecule has 0 atom stereocenters. The number of nitrogens with zero attached hydrogens (tertiary/aromatic N) is 1. The lowest BCUT2D eigenvalue weighted by molar-refractivity contribution is -0.124. The van der Waals surface area contributed by atoms with Gasteiger partial charge in [-0.05, 0) is 36.4 Å². The number of hydrazone groups is 1. The van der Waals surface area contributed by atoms with Crippen molar-refractivity contribution >= 4 is 23.7 Å². The molecule has 0 fully saturated rings. The number of carbonyl (C=O) groups is 2.